The number of nitrogens with zero attached hydrogens (tertiary/aromatic N) is 2. The molecule has 0 heterocycles. The molecule has 0 aliphatic heterocycles. The number of rotatable bonds is 13. The Balaban J connectivity index is 1.46. The van der Waals surface area contributed by atoms with Crippen LogP contribution < -0.4 is 5.32 Å². The quantitative estimate of drug-likeness (QED) is 0.118. The summed E-state index contributed by atoms with van der Waals surface area (Å²) in [5.41, 5.74) is 2.97. The smallest absolute Gasteiger partial charge is 0.410 e. The van der Waals surface area contributed by atoms with Gasteiger partial charge in [0.1, 0.15) is 11.2 Å². The monoisotopic (exact) mass is 902 g/mol. The average Bonchev–Trinajstić information content (AvgIpc) is 3.26. The molecule has 1 N–H and O–H groups in total. The lowest BCUT2D eigenvalue weighted by Crippen LogP contribution is -2.62. The van der Waals surface area contributed by atoms with Gasteiger partial charge in [0.2, 0.25) is 5.91 Å². The van der Waals surface area contributed by atoms with Crippen molar-refractivity contribution < 1.29 is 33.4 Å². The van der Waals surface area contributed by atoms with Crippen LogP contribution in [0.1, 0.15) is 170 Å². The van der Waals surface area contributed by atoms with E-state index < -0.39 is 11.2 Å². The number of hydrogen-bond acceptors (Lipinski definition) is 8. The molecular weight excluding hydrogens is 815 g/mol. The highest BCUT2D eigenvalue weighted by Crippen LogP contribution is 2.74. The summed E-state index contributed by atoms with van der Waals surface area (Å²) >= 11 is 0. The van der Waals surface area contributed by atoms with Crippen molar-refractivity contribution in [1.82, 2.24) is 15.1 Å². The minimum atomic E-state index is -0.619. The molecule has 10 heteroatoms. The van der Waals surface area contributed by atoms with Crippen molar-refractivity contribution in [3.8, 4) is 0 Å². The highest BCUT2D eigenvalue weighted by atomic mass is 16.6. The fourth-order valence-electron chi connectivity index (χ4n) is 13.2. The molecule has 8 atom stereocenters. The average molecular weight is 902 g/mol. The molecule has 364 valence electrons. The zero-order chi connectivity index (χ0) is 48.3. The van der Waals surface area contributed by atoms with Gasteiger partial charge >= 0.3 is 18.0 Å². The van der Waals surface area contributed by atoms with Gasteiger partial charge < -0.3 is 29.3 Å². The third-order valence-electron chi connectivity index (χ3n) is 16.7. The number of ether oxygens (including phenoxy) is 3. The second-order valence-electron chi connectivity index (χ2n) is 23.8. The number of nitrogens with one attached hydrogen (secondary N) is 1. The van der Waals surface area contributed by atoms with E-state index in [1.54, 1.807) is 6.92 Å². The fraction of sp³-hybridized carbons (Fsp3) is 0.745. The summed E-state index contributed by atoms with van der Waals surface area (Å²) in [6.45, 7) is 32.8. The van der Waals surface area contributed by atoms with Gasteiger partial charge in [-0.1, -0.05) is 65.0 Å². The highest BCUT2D eigenvalue weighted by molar-refractivity contribution is 5.90. The van der Waals surface area contributed by atoms with Crippen molar-refractivity contribution in [1.29, 1.82) is 0 Å². The lowest BCUT2D eigenvalue weighted by atomic mass is 9.35. The first-order valence-electron chi connectivity index (χ1n) is 24.9. The minimum Gasteiger partial charge on any atom is -0.466 e. The van der Waals surface area contributed by atoms with Crippen LogP contribution in [0.2, 0.25) is 0 Å². The summed E-state index contributed by atoms with van der Waals surface area (Å²) < 4.78 is 16.7. The third kappa shape index (κ3) is 11.9. The molecule has 65 heavy (non-hydrogen) atoms. The number of likely N-dealkylation sites (N-methyl/N-ethyl adjacent to an activating group) is 1. The summed E-state index contributed by atoms with van der Waals surface area (Å²) in [6.07, 6.45) is 12.2. The summed E-state index contributed by atoms with van der Waals surface area (Å²) in [5.74, 6) is 0.747. The molecule has 1 aromatic carbocycles. The van der Waals surface area contributed by atoms with E-state index in [4.69, 9.17) is 20.8 Å². The predicted octanol–water partition coefficient (Wildman–Crippen LogP) is 11.5. The predicted molar refractivity (Wildman–Crippen MR) is 261 cm³/mol. The van der Waals surface area contributed by atoms with E-state index >= 15 is 0 Å². The first-order chi connectivity index (χ1) is 30.1. The molecule has 10 nitrogen and oxygen atoms in total. The third-order valence-corrected chi connectivity index (χ3v) is 16.7. The molecular formula is C55H87N3O7. The van der Waals surface area contributed by atoms with Gasteiger partial charge in [0.25, 0.3) is 0 Å². The second-order valence-corrected chi connectivity index (χ2v) is 23.8. The highest BCUT2D eigenvalue weighted by Gasteiger charge is 2.66. The topological polar surface area (TPSA) is 114 Å². The number of allylic oxidation sites excluding steroid dienone is 2. The van der Waals surface area contributed by atoms with E-state index in [1.807, 2.05) is 72.7 Å². The molecule has 4 aliphatic carbocycles. The van der Waals surface area contributed by atoms with Crippen LogP contribution >= 0.6 is 0 Å². The largest absolute Gasteiger partial charge is 0.466 e. The zero-order valence-electron chi connectivity index (χ0n) is 43.0. The molecule has 0 saturated heterocycles. The van der Waals surface area contributed by atoms with Crippen LogP contribution in [0.3, 0.4) is 0 Å². The van der Waals surface area contributed by atoms with Crippen LogP contribution in [-0.4, -0.2) is 91.8 Å². The van der Waals surface area contributed by atoms with E-state index in [2.05, 4.69) is 63.0 Å². The normalized spacial score (nSPS) is 30.1. The van der Waals surface area contributed by atoms with Crippen molar-refractivity contribution in [3.63, 3.8) is 0 Å². The van der Waals surface area contributed by atoms with Crippen molar-refractivity contribution >= 4 is 29.5 Å². The van der Waals surface area contributed by atoms with Crippen molar-refractivity contribution in [2.24, 2.45) is 51.2 Å². The molecule has 3 saturated carbocycles. The Bertz CT molecular complexity index is 1910. The van der Waals surface area contributed by atoms with E-state index in [9.17, 15) is 19.2 Å². The molecule has 0 aromatic heterocycles. The molecule has 4 aliphatic rings. The first kappa shape index (κ1) is 52.3. The standard InChI is InChI=1S/C55H87N3O7/c1-16-63-46(59)28-32-56-47(60)39-19-22-41(37(2)36-58(34-33-57(14)15)49(62)65-51(6,7)8)35-42-23-24-45-53(11)29-26-43(38-17-20-40(21-18-38)48(61)64-50(3,4)5)52(9,10)44(53)27-31-55(45,13)54(42,12)30-25-39/h17-18,20-21,26,39,41-42,44-45H,2,16,19,22-25,27-36H2,1,3-15H3,(H,56,60). The molecule has 8 unspecified atom stereocenters. The molecule has 0 radical (unpaired) electrons. The number of fused-ring (bicyclic) bond motifs is 5. The van der Waals surface area contributed by atoms with Crippen molar-refractivity contribution in [2.75, 3.05) is 46.9 Å². The Morgan fingerprint density at radius 3 is 2.03 bits per heavy atom. The second kappa shape index (κ2) is 20.3. The number of hydrogen-bond donors (Lipinski definition) is 1. The van der Waals surface area contributed by atoms with E-state index in [1.165, 1.54) is 11.1 Å². The van der Waals surface area contributed by atoms with Gasteiger partial charge in [-0.15, -0.1) is 0 Å². The Morgan fingerprint density at radius 2 is 1.42 bits per heavy atom. The lowest BCUT2D eigenvalue weighted by Gasteiger charge is -2.70. The van der Waals surface area contributed by atoms with Gasteiger partial charge in [-0.05, 0) is 195 Å². The minimum absolute atomic E-state index is 0.0149. The van der Waals surface area contributed by atoms with Crippen LogP contribution in [0.4, 0.5) is 4.79 Å². The number of benzene rings is 1. The van der Waals surface area contributed by atoms with Crippen LogP contribution in [0.25, 0.3) is 5.57 Å². The van der Waals surface area contributed by atoms with Gasteiger partial charge in [0.15, 0.2) is 0 Å². The molecule has 2 amide bonds. The van der Waals surface area contributed by atoms with Crippen LogP contribution in [0.15, 0.2) is 42.5 Å². The van der Waals surface area contributed by atoms with Crippen LogP contribution in [-0.2, 0) is 23.8 Å². The molecule has 0 spiro atoms. The number of amides is 2. The SMILES string of the molecule is C=C(CN(CCN(C)C)C(=O)OC(C)(C)C)C1CCC(C(=O)NCCC(=O)OCC)CCC2(C)C(CCC3C4(C)CC=C(c5ccc(C(=O)OC(C)(C)C)cc5)C(C)(C)C4CCC32C)C1. The summed E-state index contributed by atoms with van der Waals surface area (Å²) in [7, 11) is 4.03. The summed E-state index contributed by atoms with van der Waals surface area (Å²) in [4.78, 5) is 56.8. The van der Waals surface area contributed by atoms with E-state index in [0.717, 1.165) is 69.8 Å². The van der Waals surface area contributed by atoms with Crippen molar-refractivity contribution in [3.05, 3.63) is 53.6 Å². The Hall–Kier alpha value is -3.66. The Kier molecular flexibility index (Phi) is 16.3. The molecule has 1 aromatic rings. The first-order valence-corrected chi connectivity index (χ1v) is 24.9. The van der Waals surface area contributed by atoms with Gasteiger partial charge in [-0.25, -0.2) is 9.59 Å². The van der Waals surface area contributed by atoms with Crippen molar-refractivity contribution in [2.45, 2.75) is 165 Å². The van der Waals surface area contributed by atoms with Gasteiger partial charge in [0.05, 0.1) is 18.6 Å². The Morgan fingerprint density at radius 1 is 0.785 bits per heavy atom. The molecule has 5 rings (SSSR count). The number of esters is 2. The summed E-state index contributed by atoms with van der Waals surface area (Å²) in [5, 5.41) is 3.12. The van der Waals surface area contributed by atoms with Crippen LogP contribution in [0.5, 0.6) is 0 Å². The maximum absolute atomic E-state index is 14.1. The van der Waals surface area contributed by atoms with Gasteiger partial charge in [0, 0.05) is 32.1 Å². The zero-order valence-corrected chi connectivity index (χ0v) is 43.0. The molecule has 0 bridgehead atoms. The van der Waals surface area contributed by atoms with Gasteiger partial charge in [-0.3, -0.25) is 9.59 Å². The maximum Gasteiger partial charge on any atom is 0.410 e. The van der Waals surface area contributed by atoms with Crippen LogP contribution in [0, 0.1) is 51.2 Å². The van der Waals surface area contributed by atoms with E-state index in [0.29, 0.717) is 49.6 Å². The fourth-order valence-corrected chi connectivity index (χ4v) is 13.2. The summed E-state index contributed by atoms with van der Waals surface area (Å²) in [6, 6.07) is 8.05. The Labute approximate surface area is 393 Å². The number of carbonyl (C=O) groups is 4. The van der Waals surface area contributed by atoms with Gasteiger partial charge in [-0.2, -0.15) is 0 Å². The maximum atomic E-state index is 14.1. The molecule has 3 fully saturated rings. The number of carbonyl (C=O) groups excluding carboxylic acids is 4. The van der Waals surface area contributed by atoms with E-state index in [-0.39, 0.29) is 70.4 Å². The lowest BCUT2D eigenvalue weighted by molar-refractivity contribution is -0.194.